The van der Waals surface area contributed by atoms with Crippen molar-refractivity contribution in [2.45, 2.75) is 52.6 Å². The first-order valence-corrected chi connectivity index (χ1v) is 14.0. The lowest BCUT2D eigenvalue weighted by molar-refractivity contribution is 0.0965. The lowest BCUT2D eigenvalue weighted by Gasteiger charge is -2.40. The summed E-state index contributed by atoms with van der Waals surface area (Å²) in [5.74, 6) is 0.00216. The highest BCUT2D eigenvalue weighted by atomic mass is 16.1. The molecule has 0 radical (unpaired) electrons. The van der Waals surface area contributed by atoms with Gasteiger partial charge in [0.05, 0.1) is 11.4 Å². The zero-order valence-corrected chi connectivity index (χ0v) is 23.6. The average Bonchev–Trinajstić information content (AvgIpc) is 3.56. The van der Waals surface area contributed by atoms with Crippen LogP contribution in [0.4, 0.5) is 17.1 Å². The molecule has 7 heteroatoms. The number of hydrogen-bond acceptors (Lipinski definition) is 5. The van der Waals surface area contributed by atoms with Crippen LogP contribution in [-0.2, 0) is 12.0 Å². The third-order valence-corrected chi connectivity index (χ3v) is 8.10. The van der Waals surface area contributed by atoms with Gasteiger partial charge in [-0.05, 0) is 78.4 Å². The quantitative estimate of drug-likeness (QED) is 0.346. The monoisotopic (exact) mass is 522 g/mol. The summed E-state index contributed by atoms with van der Waals surface area (Å²) >= 11 is 0. The highest BCUT2D eigenvalue weighted by Crippen LogP contribution is 2.36. The number of carbonyl (C=O) groups excluding carboxylic acids is 1. The minimum Gasteiger partial charge on any atom is -0.369 e. The number of nitrogens with one attached hydrogen (secondary N) is 2. The zero-order valence-electron chi connectivity index (χ0n) is 23.6. The fraction of sp³-hybridized carbons (Fsp3) is 0.375. The van der Waals surface area contributed by atoms with Crippen LogP contribution in [0.25, 0.3) is 16.9 Å². The summed E-state index contributed by atoms with van der Waals surface area (Å²) < 4.78 is 2.11. The third kappa shape index (κ3) is 4.76. The molecule has 4 aromatic rings. The van der Waals surface area contributed by atoms with Crippen molar-refractivity contribution in [2.75, 3.05) is 36.4 Å². The van der Waals surface area contributed by atoms with Crippen molar-refractivity contribution in [3.05, 3.63) is 77.6 Å². The van der Waals surface area contributed by atoms with Gasteiger partial charge < -0.3 is 15.5 Å². The van der Waals surface area contributed by atoms with Crippen LogP contribution in [0.5, 0.6) is 0 Å². The van der Waals surface area contributed by atoms with Crippen molar-refractivity contribution in [3.8, 4) is 11.3 Å². The molecule has 1 saturated heterocycles. The Morgan fingerprint density at radius 3 is 2.51 bits per heavy atom. The van der Waals surface area contributed by atoms with Crippen LogP contribution in [0.2, 0.25) is 0 Å². The number of benzene rings is 2. The molecule has 6 rings (SSSR count). The van der Waals surface area contributed by atoms with E-state index >= 15 is 0 Å². The molecular weight excluding hydrogens is 484 g/mol. The Balaban J connectivity index is 1.30. The molecule has 2 aliphatic rings. The van der Waals surface area contributed by atoms with E-state index in [4.69, 9.17) is 4.98 Å². The van der Waals surface area contributed by atoms with Gasteiger partial charge in [0.25, 0.3) is 5.91 Å². The molecule has 2 aliphatic heterocycles. The molecule has 1 fully saturated rings. The number of amides is 1. The molecule has 2 aromatic heterocycles. The Kier molecular flexibility index (Phi) is 6.34. The van der Waals surface area contributed by atoms with Gasteiger partial charge >= 0.3 is 0 Å². The molecule has 1 amide bonds. The largest absolute Gasteiger partial charge is 0.369 e. The summed E-state index contributed by atoms with van der Waals surface area (Å²) in [7, 11) is 0. The van der Waals surface area contributed by atoms with Crippen LogP contribution >= 0.6 is 0 Å². The number of aromatic nitrogens is 2. The van der Waals surface area contributed by atoms with E-state index in [0.717, 1.165) is 65.6 Å². The minimum absolute atomic E-state index is 0.00216. The van der Waals surface area contributed by atoms with Crippen LogP contribution in [0.1, 0.15) is 56.1 Å². The molecule has 0 atom stereocenters. The van der Waals surface area contributed by atoms with Gasteiger partial charge in [-0.25, -0.2) is 4.98 Å². The number of carbonyl (C=O) groups is 1. The second-order valence-corrected chi connectivity index (χ2v) is 12.0. The van der Waals surface area contributed by atoms with Crippen LogP contribution in [-0.4, -0.2) is 52.4 Å². The third-order valence-electron chi connectivity index (χ3n) is 8.10. The van der Waals surface area contributed by atoms with E-state index in [-0.39, 0.29) is 11.3 Å². The number of fused-ring (bicyclic) bond motifs is 2. The lowest BCUT2D eigenvalue weighted by Crippen LogP contribution is -2.49. The first kappa shape index (κ1) is 25.4. The zero-order chi connectivity index (χ0) is 27.3. The predicted molar refractivity (Wildman–Crippen MR) is 159 cm³/mol. The molecule has 2 aromatic carbocycles. The Labute approximate surface area is 230 Å². The van der Waals surface area contributed by atoms with Crippen molar-refractivity contribution in [3.63, 3.8) is 0 Å². The van der Waals surface area contributed by atoms with E-state index < -0.39 is 0 Å². The van der Waals surface area contributed by atoms with Gasteiger partial charge in [-0.2, -0.15) is 0 Å². The number of pyridine rings is 1. The summed E-state index contributed by atoms with van der Waals surface area (Å²) in [4.78, 5) is 21.8. The molecular formula is C32H38N6O. The molecule has 39 heavy (non-hydrogen) atoms. The van der Waals surface area contributed by atoms with E-state index in [2.05, 4.69) is 95.9 Å². The number of piperazine rings is 1. The smallest absolute Gasteiger partial charge is 0.251 e. The highest BCUT2D eigenvalue weighted by molar-refractivity contribution is 5.99. The number of anilines is 3. The normalized spacial score (nSPS) is 16.2. The maximum atomic E-state index is 12.0. The molecule has 202 valence electrons. The molecule has 2 N–H and O–H groups in total. The summed E-state index contributed by atoms with van der Waals surface area (Å²) in [6.45, 7) is 16.3. The summed E-state index contributed by atoms with van der Waals surface area (Å²) in [5, 5.41) is 6.56. The summed E-state index contributed by atoms with van der Waals surface area (Å²) in [6, 6.07) is 17.6. The van der Waals surface area contributed by atoms with Crippen LogP contribution < -0.4 is 15.5 Å². The van der Waals surface area contributed by atoms with Gasteiger partial charge in [-0.1, -0.05) is 26.8 Å². The van der Waals surface area contributed by atoms with Crippen molar-refractivity contribution in [1.82, 2.24) is 19.6 Å². The molecule has 0 spiro atoms. The Morgan fingerprint density at radius 1 is 0.974 bits per heavy atom. The first-order chi connectivity index (χ1) is 18.7. The summed E-state index contributed by atoms with van der Waals surface area (Å²) in [5.41, 5.74) is 9.49. The summed E-state index contributed by atoms with van der Waals surface area (Å²) in [6.07, 6.45) is 3.83. The van der Waals surface area contributed by atoms with Crippen LogP contribution in [0.3, 0.4) is 0 Å². The Morgan fingerprint density at radius 2 is 1.77 bits per heavy atom. The standard InChI is InChI=1S/C32H38N6O/c1-21(2)36-14-16-37(17-15-36)29-10-7-24(19-26(29)32(3,4)5)35-27-9-11-28(38-13-12-33-30(27)38)22-6-8-25-23(18-22)20-34-31(25)39/h6-13,18-19,21,35H,14-17,20H2,1-5H3,(H,34,39). The maximum Gasteiger partial charge on any atom is 0.251 e. The topological polar surface area (TPSA) is 64.9 Å². The van der Waals surface area contributed by atoms with Crippen molar-refractivity contribution in [2.24, 2.45) is 0 Å². The van der Waals surface area contributed by atoms with E-state index in [0.29, 0.717) is 12.6 Å². The molecule has 7 nitrogen and oxygen atoms in total. The van der Waals surface area contributed by atoms with Crippen molar-refractivity contribution in [1.29, 1.82) is 0 Å². The van der Waals surface area contributed by atoms with Crippen molar-refractivity contribution < 1.29 is 4.79 Å². The van der Waals surface area contributed by atoms with E-state index in [9.17, 15) is 4.79 Å². The van der Waals surface area contributed by atoms with E-state index in [1.54, 1.807) is 0 Å². The highest BCUT2D eigenvalue weighted by Gasteiger charge is 2.26. The number of nitrogens with zero attached hydrogens (tertiary/aromatic N) is 4. The lowest BCUT2D eigenvalue weighted by atomic mass is 9.85. The van der Waals surface area contributed by atoms with Gasteiger partial charge in [-0.3, -0.25) is 14.1 Å². The Bertz CT molecular complexity index is 1540. The fourth-order valence-electron chi connectivity index (χ4n) is 5.86. The van der Waals surface area contributed by atoms with Crippen molar-refractivity contribution >= 4 is 28.6 Å². The average molecular weight is 523 g/mol. The van der Waals surface area contributed by atoms with E-state index in [1.807, 2.05) is 24.5 Å². The molecule has 0 saturated carbocycles. The second-order valence-electron chi connectivity index (χ2n) is 12.0. The van der Waals surface area contributed by atoms with Gasteiger partial charge in [0.15, 0.2) is 5.65 Å². The SMILES string of the molecule is CC(C)N1CCN(c2ccc(Nc3ccc(-c4ccc5c(c4)CNC5=O)n4ccnc34)cc2C(C)(C)C)CC1. The molecule has 0 aliphatic carbocycles. The predicted octanol–water partition coefficient (Wildman–Crippen LogP) is 5.82. The Hall–Kier alpha value is -3.84. The number of rotatable bonds is 5. The van der Waals surface area contributed by atoms with Gasteiger partial charge in [-0.15, -0.1) is 0 Å². The van der Waals surface area contributed by atoms with Gasteiger partial charge in [0.1, 0.15) is 0 Å². The van der Waals surface area contributed by atoms with E-state index in [1.165, 1.54) is 11.3 Å². The first-order valence-electron chi connectivity index (χ1n) is 14.0. The van der Waals surface area contributed by atoms with Crippen LogP contribution in [0, 0.1) is 0 Å². The maximum absolute atomic E-state index is 12.0. The number of hydrogen-bond donors (Lipinski definition) is 2. The van der Waals surface area contributed by atoms with Gasteiger partial charge in [0, 0.05) is 68.1 Å². The minimum atomic E-state index is 0.00216. The van der Waals surface area contributed by atoms with Gasteiger partial charge in [0.2, 0.25) is 0 Å². The van der Waals surface area contributed by atoms with Crippen LogP contribution in [0.15, 0.2) is 60.9 Å². The number of imidazole rings is 1. The second kappa shape index (κ2) is 9.72. The molecule has 0 bridgehead atoms. The molecule has 4 heterocycles. The molecule has 0 unspecified atom stereocenters. The fourth-order valence-corrected chi connectivity index (χ4v) is 5.86.